The molecule has 24 heavy (non-hydrogen) atoms. The molecule has 0 amide bonds. The summed E-state index contributed by atoms with van der Waals surface area (Å²) >= 11 is 0. The standard InChI is InChI=1S/C21H24N2O/c1-16(2)13-23-14-17(15-24)12-21(22-23)20-10-8-19(9-11-20)18-6-4-3-5-7-18/h3-12,14,16,22,24H,13,15H2,1-2H3. The molecule has 2 aromatic rings. The second-order valence-corrected chi connectivity index (χ2v) is 6.52. The fourth-order valence-corrected chi connectivity index (χ4v) is 2.84. The maximum Gasteiger partial charge on any atom is 0.0697 e. The van der Waals surface area contributed by atoms with Gasteiger partial charge in [0.1, 0.15) is 0 Å². The van der Waals surface area contributed by atoms with E-state index in [0.29, 0.717) is 5.92 Å². The molecule has 0 aliphatic carbocycles. The molecule has 124 valence electrons. The Morgan fingerprint density at radius 3 is 2.17 bits per heavy atom. The summed E-state index contributed by atoms with van der Waals surface area (Å²) in [5, 5.41) is 11.6. The number of nitrogens with zero attached hydrogens (tertiary/aromatic N) is 1. The van der Waals surface area contributed by atoms with E-state index in [1.165, 1.54) is 11.1 Å². The van der Waals surface area contributed by atoms with Gasteiger partial charge in [0.2, 0.25) is 0 Å². The molecule has 0 atom stereocenters. The molecule has 1 heterocycles. The molecule has 0 saturated heterocycles. The lowest BCUT2D eigenvalue weighted by Crippen LogP contribution is -2.37. The maximum atomic E-state index is 9.53. The fraction of sp³-hybridized carbons (Fsp3) is 0.238. The predicted octanol–water partition coefficient (Wildman–Crippen LogP) is 4.05. The minimum atomic E-state index is 0.0435. The summed E-state index contributed by atoms with van der Waals surface area (Å²) in [7, 11) is 0. The van der Waals surface area contributed by atoms with Gasteiger partial charge in [0.25, 0.3) is 0 Å². The Morgan fingerprint density at radius 1 is 0.917 bits per heavy atom. The first-order valence-corrected chi connectivity index (χ1v) is 8.38. The van der Waals surface area contributed by atoms with Crippen molar-refractivity contribution in [1.29, 1.82) is 0 Å². The molecule has 0 aromatic heterocycles. The molecule has 1 aliphatic heterocycles. The first-order valence-electron chi connectivity index (χ1n) is 8.38. The molecule has 3 heteroatoms. The number of aliphatic hydroxyl groups excluding tert-OH is 1. The van der Waals surface area contributed by atoms with Gasteiger partial charge in [0, 0.05) is 12.7 Å². The van der Waals surface area contributed by atoms with Crippen molar-refractivity contribution < 1.29 is 5.11 Å². The molecule has 0 radical (unpaired) electrons. The van der Waals surface area contributed by atoms with Gasteiger partial charge in [-0.05, 0) is 34.3 Å². The van der Waals surface area contributed by atoms with E-state index in [9.17, 15) is 5.11 Å². The fourth-order valence-electron chi connectivity index (χ4n) is 2.84. The number of aliphatic hydroxyl groups is 1. The highest BCUT2D eigenvalue weighted by Crippen LogP contribution is 2.24. The van der Waals surface area contributed by atoms with Crippen molar-refractivity contribution in [2.45, 2.75) is 13.8 Å². The van der Waals surface area contributed by atoms with Crippen LogP contribution < -0.4 is 5.43 Å². The van der Waals surface area contributed by atoms with Crippen LogP contribution in [0.5, 0.6) is 0 Å². The minimum absolute atomic E-state index is 0.0435. The Bertz CT molecular complexity index is 730. The number of rotatable bonds is 5. The van der Waals surface area contributed by atoms with Gasteiger partial charge in [-0.25, -0.2) is 0 Å². The SMILES string of the molecule is CC(C)CN1C=C(CO)C=C(c2ccc(-c3ccccc3)cc2)N1. The summed E-state index contributed by atoms with van der Waals surface area (Å²) in [6, 6.07) is 18.9. The highest BCUT2D eigenvalue weighted by molar-refractivity contribution is 5.71. The number of hydrogen-bond acceptors (Lipinski definition) is 3. The second-order valence-electron chi connectivity index (χ2n) is 6.52. The molecule has 0 unspecified atom stereocenters. The normalized spacial score (nSPS) is 14.2. The first kappa shape index (κ1) is 16.3. The Kier molecular flexibility index (Phi) is 5.02. The van der Waals surface area contributed by atoms with Crippen LogP contribution in [0.2, 0.25) is 0 Å². The monoisotopic (exact) mass is 320 g/mol. The smallest absolute Gasteiger partial charge is 0.0697 e. The van der Waals surface area contributed by atoms with Crippen molar-refractivity contribution in [2.75, 3.05) is 13.2 Å². The van der Waals surface area contributed by atoms with E-state index in [2.05, 4.69) is 72.8 Å². The lowest BCUT2D eigenvalue weighted by atomic mass is 10.0. The molecule has 1 aliphatic rings. The van der Waals surface area contributed by atoms with Gasteiger partial charge in [-0.3, -0.25) is 10.4 Å². The van der Waals surface area contributed by atoms with Crippen LogP contribution in [-0.2, 0) is 0 Å². The molecule has 0 saturated carbocycles. The van der Waals surface area contributed by atoms with Gasteiger partial charge in [-0.15, -0.1) is 0 Å². The first-order chi connectivity index (χ1) is 11.7. The molecule has 3 nitrogen and oxygen atoms in total. The van der Waals surface area contributed by atoms with Crippen LogP contribution in [0.15, 0.2) is 72.4 Å². The Balaban J connectivity index is 1.83. The van der Waals surface area contributed by atoms with E-state index < -0.39 is 0 Å². The average molecular weight is 320 g/mol. The number of benzene rings is 2. The van der Waals surface area contributed by atoms with Crippen LogP contribution >= 0.6 is 0 Å². The van der Waals surface area contributed by atoms with Gasteiger partial charge in [0.15, 0.2) is 0 Å². The van der Waals surface area contributed by atoms with E-state index in [1.54, 1.807) is 0 Å². The summed E-state index contributed by atoms with van der Waals surface area (Å²) in [6.07, 6.45) is 3.98. The molecule has 3 rings (SSSR count). The van der Waals surface area contributed by atoms with Crippen LogP contribution in [0.3, 0.4) is 0 Å². The summed E-state index contributed by atoms with van der Waals surface area (Å²) in [5.41, 5.74) is 8.89. The van der Waals surface area contributed by atoms with E-state index >= 15 is 0 Å². The van der Waals surface area contributed by atoms with Gasteiger partial charge in [0.05, 0.1) is 12.3 Å². The van der Waals surface area contributed by atoms with Crippen LogP contribution in [0.25, 0.3) is 16.8 Å². The van der Waals surface area contributed by atoms with Gasteiger partial charge in [-0.1, -0.05) is 68.4 Å². The molecule has 0 spiro atoms. The largest absolute Gasteiger partial charge is 0.392 e. The molecular formula is C21H24N2O. The molecule has 0 bridgehead atoms. The quantitative estimate of drug-likeness (QED) is 0.872. The third kappa shape index (κ3) is 3.87. The van der Waals surface area contributed by atoms with E-state index in [4.69, 9.17) is 0 Å². The van der Waals surface area contributed by atoms with Crippen LogP contribution in [0.1, 0.15) is 19.4 Å². The van der Waals surface area contributed by atoms with Crippen molar-refractivity contribution in [3.05, 3.63) is 78.0 Å². The van der Waals surface area contributed by atoms with Crippen LogP contribution in [0, 0.1) is 5.92 Å². The summed E-state index contributed by atoms with van der Waals surface area (Å²) in [4.78, 5) is 0. The highest BCUT2D eigenvalue weighted by atomic mass is 16.3. The van der Waals surface area contributed by atoms with Crippen LogP contribution in [0.4, 0.5) is 0 Å². The van der Waals surface area contributed by atoms with Crippen molar-refractivity contribution in [3.8, 4) is 11.1 Å². The lowest BCUT2D eigenvalue weighted by molar-refractivity contribution is 0.272. The van der Waals surface area contributed by atoms with Gasteiger partial charge in [-0.2, -0.15) is 0 Å². The van der Waals surface area contributed by atoms with Crippen LogP contribution in [-0.4, -0.2) is 23.3 Å². The zero-order chi connectivity index (χ0) is 16.9. The van der Waals surface area contributed by atoms with Crippen molar-refractivity contribution in [1.82, 2.24) is 10.4 Å². The molecule has 0 fully saturated rings. The van der Waals surface area contributed by atoms with E-state index in [-0.39, 0.29) is 6.61 Å². The van der Waals surface area contributed by atoms with Crippen molar-refractivity contribution >= 4 is 5.70 Å². The Labute approximate surface area is 143 Å². The second kappa shape index (κ2) is 7.37. The zero-order valence-corrected chi connectivity index (χ0v) is 14.2. The van der Waals surface area contributed by atoms with E-state index in [1.807, 2.05) is 18.3 Å². The third-order valence-corrected chi connectivity index (χ3v) is 3.96. The predicted molar refractivity (Wildman–Crippen MR) is 99.7 cm³/mol. The zero-order valence-electron chi connectivity index (χ0n) is 14.2. The molecule has 2 aromatic carbocycles. The highest BCUT2D eigenvalue weighted by Gasteiger charge is 2.13. The Hall–Kier alpha value is -2.52. The summed E-state index contributed by atoms with van der Waals surface area (Å²) in [6.45, 7) is 5.30. The number of hydrogen-bond donors (Lipinski definition) is 2. The van der Waals surface area contributed by atoms with Crippen molar-refractivity contribution in [3.63, 3.8) is 0 Å². The molecular weight excluding hydrogens is 296 g/mol. The summed E-state index contributed by atoms with van der Waals surface area (Å²) in [5.74, 6) is 0.536. The Morgan fingerprint density at radius 2 is 1.54 bits per heavy atom. The topological polar surface area (TPSA) is 35.5 Å². The van der Waals surface area contributed by atoms with Gasteiger partial charge < -0.3 is 5.11 Å². The third-order valence-electron chi connectivity index (χ3n) is 3.96. The lowest BCUT2D eigenvalue weighted by Gasteiger charge is -2.30. The maximum absolute atomic E-state index is 9.53. The average Bonchev–Trinajstić information content (AvgIpc) is 2.62. The minimum Gasteiger partial charge on any atom is -0.392 e. The number of hydrazine groups is 1. The van der Waals surface area contributed by atoms with Gasteiger partial charge >= 0.3 is 0 Å². The molecule has 2 N–H and O–H groups in total. The van der Waals surface area contributed by atoms with E-state index in [0.717, 1.165) is 23.4 Å². The van der Waals surface area contributed by atoms with Crippen molar-refractivity contribution in [2.24, 2.45) is 5.92 Å². The summed E-state index contributed by atoms with van der Waals surface area (Å²) < 4.78 is 0. The number of nitrogens with one attached hydrogen (secondary N) is 1.